The van der Waals surface area contributed by atoms with Gasteiger partial charge >= 0.3 is 7.52 Å². The molecule has 2 N–H and O–H groups in total. The van der Waals surface area contributed by atoms with Crippen LogP contribution in [0.15, 0.2) is 30.3 Å². The Bertz CT molecular complexity index is 267. The Morgan fingerprint density at radius 2 is 1.91 bits per heavy atom. The van der Waals surface area contributed by atoms with E-state index in [1.54, 1.807) is 24.3 Å². The van der Waals surface area contributed by atoms with Crippen LogP contribution in [0.1, 0.15) is 0 Å². The van der Waals surface area contributed by atoms with Crippen LogP contribution in [0.3, 0.4) is 0 Å². The minimum absolute atomic E-state index is 0.542. The van der Waals surface area contributed by atoms with Crippen molar-refractivity contribution in [3.63, 3.8) is 0 Å². The highest BCUT2D eigenvalue weighted by molar-refractivity contribution is 7.56. The zero-order valence-electron chi connectivity index (χ0n) is 6.23. The van der Waals surface area contributed by atoms with Gasteiger partial charge in [-0.05, 0) is 12.1 Å². The van der Waals surface area contributed by atoms with Gasteiger partial charge in [0, 0.05) is 6.66 Å². The van der Waals surface area contributed by atoms with Gasteiger partial charge in [-0.15, -0.1) is 0 Å². The van der Waals surface area contributed by atoms with E-state index in [1.807, 2.05) is 6.07 Å². The maximum Gasteiger partial charge on any atom is 0.310 e. The van der Waals surface area contributed by atoms with Crippen molar-refractivity contribution in [3.05, 3.63) is 30.3 Å². The van der Waals surface area contributed by atoms with Gasteiger partial charge < -0.3 is 4.52 Å². The fraction of sp³-hybridized carbons (Fsp3) is 0.143. The van der Waals surface area contributed by atoms with Crippen molar-refractivity contribution < 1.29 is 9.09 Å². The van der Waals surface area contributed by atoms with E-state index in [0.29, 0.717) is 5.75 Å². The van der Waals surface area contributed by atoms with Crippen molar-refractivity contribution in [2.45, 2.75) is 0 Å². The SMILES string of the molecule is C[P@](N)(=O)Oc1ccccc1. The normalized spacial score (nSPS) is 15.5. The van der Waals surface area contributed by atoms with E-state index in [4.69, 9.17) is 10.0 Å². The Morgan fingerprint density at radius 1 is 1.36 bits per heavy atom. The van der Waals surface area contributed by atoms with E-state index in [9.17, 15) is 4.57 Å². The molecule has 0 fully saturated rings. The van der Waals surface area contributed by atoms with Crippen LogP contribution in [-0.2, 0) is 4.57 Å². The van der Waals surface area contributed by atoms with Crippen LogP contribution in [0.25, 0.3) is 0 Å². The number of hydrogen-bond donors (Lipinski definition) is 1. The van der Waals surface area contributed by atoms with Crippen LogP contribution < -0.4 is 10.0 Å². The van der Waals surface area contributed by atoms with Crippen molar-refractivity contribution in [1.82, 2.24) is 0 Å². The van der Waals surface area contributed by atoms with Gasteiger partial charge in [0.25, 0.3) is 0 Å². The van der Waals surface area contributed by atoms with Crippen LogP contribution in [-0.4, -0.2) is 6.66 Å². The number of nitrogens with two attached hydrogens (primary N) is 1. The Hall–Kier alpha value is -0.790. The molecule has 0 radical (unpaired) electrons. The molecule has 1 aromatic carbocycles. The smallest absolute Gasteiger partial charge is 0.310 e. The molecule has 0 aromatic heterocycles. The lowest BCUT2D eigenvalue weighted by Crippen LogP contribution is -1.99. The molecule has 0 aliphatic rings. The molecular weight excluding hydrogens is 161 g/mol. The summed E-state index contributed by atoms with van der Waals surface area (Å²) in [5.74, 6) is 0.542. The second kappa shape index (κ2) is 3.07. The van der Waals surface area contributed by atoms with E-state index < -0.39 is 7.52 Å². The van der Waals surface area contributed by atoms with Crippen LogP contribution in [0.5, 0.6) is 5.75 Å². The quantitative estimate of drug-likeness (QED) is 0.691. The van der Waals surface area contributed by atoms with E-state index in [0.717, 1.165) is 0 Å². The topological polar surface area (TPSA) is 52.3 Å². The zero-order chi connectivity index (χ0) is 8.32. The third kappa shape index (κ3) is 3.21. The molecule has 0 spiro atoms. The van der Waals surface area contributed by atoms with Crippen LogP contribution in [0, 0.1) is 0 Å². The lowest BCUT2D eigenvalue weighted by Gasteiger charge is -2.08. The van der Waals surface area contributed by atoms with Gasteiger partial charge in [-0.25, -0.2) is 5.50 Å². The largest absolute Gasteiger partial charge is 0.433 e. The summed E-state index contributed by atoms with van der Waals surface area (Å²) < 4.78 is 15.9. The van der Waals surface area contributed by atoms with Crippen molar-refractivity contribution in [2.24, 2.45) is 5.50 Å². The first-order valence-electron chi connectivity index (χ1n) is 3.19. The molecule has 11 heavy (non-hydrogen) atoms. The maximum atomic E-state index is 10.9. The average molecular weight is 171 g/mol. The lowest BCUT2D eigenvalue weighted by molar-refractivity contribution is 0.489. The summed E-state index contributed by atoms with van der Waals surface area (Å²) in [6.07, 6.45) is 0. The molecule has 0 unspecified atom stereocenters. The van der Waals surface area contributed by atoms with Crippen molar-refractivity contribution in [3.8, 4) is 5.75 Å². The van der Waals surface area contributed by atoms with Gasteiger partial charge in [0.05, 0.1) is 0 Å². The second-order valence-corrected chi connectivity index (χ2v) is 4.31. The number of rotatable bonds is 2. The van der Waals surface area contributed by atoms with Crippen molar-refractivity contribution in [2.75, 3.05) is 6.66 Å². The predicted molar refractivity (Wildman–Crippen MR) is 44.8 cm³/mol. The average Bonchev–Trinajstić information content (AvgIpc) is 1.85. The highest BCUT2D eigenvalue weighted by Gasteiger charge is 2.07. The summed E-state index contributed by atoms with van der Waals surface area (Å²) in [5, 5.41) is 0. The Kier molecular flexibility index (Phi) is 2.32. The summed E-state index contributed by atoms with van der Waals surface area (Å²) in [4.78, 5) is 0. The van der Waals surface area contributed by atoms with E-state index in [1.165, 1.54) is 6.66 Å². The van der Waals surface area contributed by atoms with Gasteiger partial charge in [0.15, 0.2) is 0 Å². The third-order valence-corrected chi connectivity index (χ3v) is 1.60. The Morgan fingerprint density at radius 3 is 2.36 bits per heavy atom. The molecule has 0 bridgehead atoms. The first-order chi connectivity index (χ1) is 5.08. The van der Waals surface area contributed by atoms with Gasteiger partial charge in [-0.1, -0.05) is 18.2 Å². The van der Waals surface area contributed by atoms with Crippen LogP contribution >= 0.6 is 7.52 Å². The second-order valence-electron chi connectivity index (χ2n) is 2.31. The van der Waals surface area contributed by atoms with E-state index in [-0.39, 0.29) is 0 Å². The summed E-state index contributed by atoms with van der Waals surface area (Å²) in [6.45, 7) is 1.38. The van der Waals surface area contributed by atoms with Gasteiger partial charge in [0.1, 0.15) is 5.75 Å². The molecule has 0 aliphatic heterocycles. The zero-order valence-corrected chi connectivity index (χ0v) is 7.12. The molecule has 0 amide bonds. The van der Waals surface area contributed by atoms with Gasteiger partial charge in [0.2, 0.25) is 0 Å². The molecule has 0 saturated heterocycles. The third-order valence-electron chi connectivity index (χ3n) is 1.03. The number of benzene rings is 1. The lowest BCUT2D eigenvalue weighted by atomic mass is 10.3. The first-order valence-corrected chi connectivity index (χ1v) is 5.33. The highest BCUT2D eigenvalue weighted by Crippen LogP contribution is 2.33. The van der Waals surface area contributed by atoms with E-state index in [2.05, 4.69) is 0 Å². The predicted octanol–water partition coefficient (Wildman–Crippen LogP) is 1.85. The van der Waals surface area contributed by atoms with Gasteiger partial charge in [-0.2, -0.15) is 0 Å². The number of para-hydroxylation sites is 1. The Balaban J connectivity index is 2.74. The number of hydrogen-bond acceptors (Lipinski definition) is 2. The maximum absolute atomic E-state index is 10.9. The molecule has 1 rings (SSSR count). The van der Waals surface area contributed by atoms with Gasteiger partial charge in [-0.3, -0.25) is 4.57 Å². The summed E-state index contributed by atoms with van der Waals surface area (Å²) in [7, 11) is -2.89. The molecule has 3 nitrogen and oxygen atoms in total. The van der Waals surface area contributed by atoms with Crippen LogP contribution in [0.4, 0.5) is 0 Å². The summed E-state index contributed by atoms with van der Waals surface area (Å²) >= 11 is 0. The molecule has 4 heteroatoms. The molecule has 0 heterocycles. The van der Waals surface area contributed by atoms with E-state index >= 15 is 0 Å². The summed E-state index contributed by atoms with van der Waals surface area (Å²) in [6, 6.07) is 8.87. The van der Waals surface area contributed by atoms with Crippen molar-refractivity contribution in [1.29, 1.82) is 0 Å². The molecular formula is C7H10NO2P. The molecule has 1 atom stereocenters. The molecule has 60 valence electrons. The molecule has 0 saturated carbocycles. The minimum Gasteiger partial charge on any atom is -0.433 e. The molecule has 1 aromatic rings. The monoisotopic (exact) mass is 171 g/mol. The van der Waals surface area contributed by atoms with Crippen molar-refractivity contribution >= 4 is 7.52 Å². The summed E-state index contributed by atoms with van der Waals surface area (Å²) in [5.41, 5.74) is 5.20. The first kappa shape index (κ1) is 8.31. The minimum atomic E-state index is -2.89. The fourth-order valence-corrected chi connectivity index (χ4v) is 1.23. The van der Waals surface area contributed by atoms with Crippen LogP contribution in [0.2, 0.25) is 0 Å². The molecule has 0 aliphatic carbocycles. The highest BCUT2D eigenvalue weighted by atomic mass is 31.2. The standard InChI is InChI=1S/C7H10NO2P/c1-11(8,9)10-7-5-3-2-4-6-7/h2-6H,1H3,(H2,8,9)/t11-/m0/s1. The Labute approximate surface area is 65.7 Å². The fourth-order valence-electron chi connectivity index (χ4n) is 0.691.